The highest BCUT2D eigenvalue weighted by molar-refractivity contribution is 7.89. The number of sulfonamides is 1. The van der Waals surface area contributed by atoms with Gasteiger partial charge in [0, 0.05) is 11.6 Å². The van der Waals surface area contributed by atoms with Crippen molar-refractivity contribution >= 4 is 15.8 Å². The van der Waals surface area contributed by atoms with Gasteiger partial charge in [0.15, 0.2) is 17.3 Å². The lowest BCUT2D eigenvalue weighted by molar-refractivity contribution is 0.101. The van der Waals surface area contributed by atoms with Gasteiger partial charge in [-0.3, -0.25) is 4.79 Å². The van der Waals surface area contributed by atoms with Crippen LogP contribution in [0.2, 0.25) is 0 Å². The average molecular weight is 347 g/mol. The highest BCUT2D eigenvalue weighted by Crippen LogP contribution is 2.34. The first-order chi connectivity index (χ1) is 11.4. The fourth-order valence-electron chi connectivity index (χ4n) is 2.43. The molecule has 0 radical (unpaired) electrons. The zero-order chi connectivity index (χ0) is 17.3. The van der Waals surface area contributed by atoms with Crippen LogP contribution in [0.5, 0.6) is 11.5 Å². The van der Waals surface area contributed by atoms with Crippen LogP contribution < -0.4 is 14.2 Å². The predicted octanol–water partition coefficient (Wildman–Crippen LogP) is 2.66. The summed E-state index contributed by atoms with van der Waals surface area (Å²) in [5, 5.41) is 0. The molecule has 0 spiro atoms. The summed E-state index contributed by atoms with van der Waals surface area (Å²) < 4.78 is 38.3. The van der Waals surface area contributed by atoms with E-state index >= 15 is 0 Å². The maximum Gasteiger partial charge on any atom is 0.241 e. The third kappa shape index (κ3) is 3.27. The first-order valence-electron chi connectivity index (χ1n) is 7.40. The Morgan fingerprint density at radius 3 is 2.62 bits per heavy atom. The molecule has 1 aliphatic heterocycles. The molecule has 1 aliphatic rings. The molecule has 0 saturated heterocycles. The predicted molar refractivity (Wildman–Crippen MR) is 87.7 cm³/mol. The Morgan fingerprint density at radius 2 is 1.88 bits per heavy atom. The molecule has 0 aliphatic carbocycles. The van der Waals surface area contributed by atoms with E-state index in [2.05, 4.69) is 4.72 Å². The minimum Gasteiger partial charge on any atom is -0.454 e. The summed E-state index contributed by atoms with van der Waals surface area (Å²) in [6.45, 7) is 3.30. The molecule has 1 heterocycles. The third-order valence-corrected chi connectivity index (χ3v) is 5.32. The molecule has 0 saturated carbocycles. The molecular weight excluding hydrogens is 330 g/mol. The van der Waals surface area contributed by atoms with Gasteiger partial charge in [-0.2, -0.15) is 0 Å². The van der Waals surface area contributed by atoms with Gasteiger partial charge in [0.1, 0.15) is 0 Å². The first kappa shape index (κ1) is 16.5. The maximum absolute atomic E-state index is 12.5. The van der Waals surface area contributed by atoms with Crippen molar-refractivity contribution in [2.75, 3.05) is 6.79 Å². The minimum atomic E-state index is -3.75. The number of carbonyl (C=O) groups is 1. The summed E-state index contributed by atoms with van der Waals surface area (Å²) in [7, 11) is -3.75. The van der Waals surface area contributed by atoms with Crippen molar-refractivity contribution in [1.29, 1.82) is 0 Å². The Balaban J connectivity index is 1.83. The van der Waals surface area contributed by atoms with E-state index in [4.69, 9.17) is 9.47 Å². The van der Waals surface area contributed by atoms with Crippen molar-refractivity contribution in [3.8, 4) is 11.5 Å². The standard InChI is InChI=1S/C17H17NO5S/c1-11(13-6-7-16-17(9-13)23-10-22-16)18-24(20,21)15-5-3-4-14(8-15)12(2)19/h3-9,11,18H,10H2,1-2H3/t11-/m0/s1. The van der Waals surface area contributed by atoms with Crippen molar-refractivity contribution < 1.29 is 22.7 Å². The second-order valence-corrected chi connectivity index (χ2v) is 7.25. The number of benzene rings is 2. The number of hydrogen-bond donors (Lipinski definition) is 1. The van der Waals surface area contributed by atoms with E-state index in [9.17, 15) is 13.2 Å². The molecule has 2 aromatic carbocycles. The molecule has 3 rings (SSSR count). The van der Waals surface area contributed by atoms with Gasteiger partial charge in [0.2, 0.25) is 16.8 Å². The Bertz CT molecular complexity index is 892. The van der Waals surface area contributed by atoms with Crippen LogP contribution in [-0.4, -0.2) is 21.0 Å². The highest BCUT2D eigenvalue weighted by atomic mass is 32.2. The molecule has 7 heteroatoms. The molecule has 0 fully saturated rings. The van der Waals surface area contributed by atoms with E-state index < -0.39 is 16.1 Å². The van der Waals surface area contributed by atoms with Crippen molar-refractivity contribution in [3.63, 3.8) is 0 Å². The lowest BCUT2D eigenvalue weighted by Crippen LogP contribution is -2.27. The first-order valence-corrected chi connectivity index (χ1v) is 8.88. The second kappa shape index (κ2) is 6.26. The molecule has 0 aromatic heterocycles. The summed E-state index contributed by atoms with van der Waals surface area (Å²) >= 11 is 0. The Hall–Kier alpha value is -2.38. The molecule has 1 N–H and O–H groups in total. The van der Waals surface area contributed by atoms with Crippen molar-refractivity contribution in [3.05, 3.63) is 53.6 Å². The normalized spacial score (nSPS) is 14.4. The van der Waals surface area contributed by atoms with Gasteiger partial charge >= 0.3 is 0 Å². The van der Waals surface area contributed by atoms with Gasteiger partial charge in [-0.1, -0.05) is 18.2 Å². The van der Waals surface area contributed by atoms with E-state index in [1.807, 2.05) is 0 Å². The topological polar surface area (TPSA) is 81.7 Å². The molecule has 6 nitrogen and oxygen atoms in total. The largest absolute Gasteiger partial charge is 0.454 e. The van der Waals surface area contributed by atoms with Crippen LogP contribution in [0, 0.1) is 0 Å². The van der Waals surface area contributed by atoms with Crippen LogP contribution in [0.15, 0.2) is 47.4 Å². The Kier molecular flexibility index (Phi) is 4.29. The molecule has 1 atom stereocenters. The number of ketones is 1. The summed E-state index contributed by atoms with van der Waals surface area (Å²) in [5.74, 6) is 1.05. The Labute approximate surface area is 140 Å². The van der Waals surface area contributed by atoms with Crippen LogP contribution in [0.1, 0.15) is 35.8 Å². The molecule has 2 aromatic rings. The summed E-state index contributed by atoms with van der Waals surface area (Å²) in [6, 6.07) is 10.8. The van der Waals surface area contributed by atoms with Gasteiger partial charge in [-0.15, -0.1) is 0 Å². The van der Waals surface area contributed by atoms with E-state index in [0.717, 1.165) is 5.56 Å². The lowest BCUT2D eigenvalue weighted by Gasteiger charge is -2.15. The van der Waals surface area contributed by atoms with Crippen LogP contribution in [0.3, 0.4) is 0 Å². The van der Waals surface area contributed by atoms with Crippen LogP contribution in [-0.2, 0) is 10.0 Å². The van der Waals surface area contributed by atoms with E-state index in [1.54, 1.807) is 37.3 Å². The van der Waals surface area contributed by atoms with Crippen LogP contribution >= 0.6 is 0 Å². The quantitative estimate of drug-likeness (QED) is 0.841. The fourth-order valence-corrected chi connectivity index (χ4v) is 3.71. The SMILES string of the molecule is CC(=O)c1cccc(S(=O)(=O)N[C@@H](C)c2ccc3c(c2)OCO3)c1. The van der Waals surface area contributed by atoms with E-state index in [1.165, 1.54) is 19.1 Å². The van der Waals surface area contributed by atoms with E-state index in [0.29, 0.717) is 17.1 Å². The Morgan fingerprint density at radius 1 is 1.12 bits per heavy atom. The summed E-state index contributed by atoms with van der Waals surface area (Å²) in [4.78, 5) is 11.5. The van der Waals surface area contributed by atoms with Gasteiger partial charge in [0.05, 0.1) is 4.90 Å². The number of hydrogen-bond acceptors (Lipinski definition) is 5. The smallest absolute Gasteiger partial charge is 0.241 e. The fraction of sp³-hybridized carbons (Fsp3) is 0.235. The van der Waals surface area contributed by atoms with Gasteiger partial charge in [0.25, 0.3) is 0 Å². The maximum atomic E-state index is 12.5. The molecular formula is C17H17NO5S. The third-order valence-electron chi connectivity index (χ3n) is 3.78. The molecule has 0 bridgehead atoms. The zero-order valence-corrected chi connectivity index (χ0v) is 14.1. The number of carbonyl (C=O) groups excluding carboxylic acids is 1. The monoisotopic (exact) mass is 347 g/mol. The number of nitrogens with one attached hydrogen (secondary N) is 1. The van der Waals surface area contributed by atoms with E-state index in [-0.39, 0.29) is 17.5 Å². The average Bonchev–Trinajstić information content (AvgIpc) is 3.02. The van der Waals surface area contributed by atoms with Gasteiger partial charge in [-0.05, 0) is 43.7 Å². The number of ether oxygens (including phenoxy) is 2. The zero-order valence-electron chi connectivity index (χ0n) is 13.3. The second-order valence-electron chi connectivity index (χ2n) is 5.54. The number of Topliss-reactive ketones (excluding diaryl/α,β-unsaturated/α-hetero) is 1. The lowest BCUT2D eigenvalue weighted by atomic mass is 10.1. The van der Waals surface area contributed by atoms with Gasteiger partial charge in [-0.25, -0.2) is 13.1 Å². The summed E-state index contributed by atoms with van der Waals surface area (Å²) in [5.41, 5.74) is 1.11. The van der Waals surface area contributed by atoms with Crippen molar-refractivity contribution in [2.45, 2.75) is 24.8 Å². The molecule has 126 valence electrons. The van der Waals surface area contributed by atoms with Crippen molar-refractivity contribution in [2.24, 2.45) is 0 Å². The summed E-state index contributed by atoms with van der Waals surface area (Å²) in [6.07, 6.45) is 0. The van der Waals surface area contributed by atoms with Crippen LogP contribution in [0.25, 0.3) is 0 Å². The number of fused-ring (bicyclic) bond motifs is 1. The molecule has 24 heavy (non-hydrogen) atoms. The molecule has 0 amide bonds. The van der Waals surface area contributed by atoms with Crippen molar-refractivity contribution in [1.82, 2.24) is 4.72 Å². The highest BCUT2D eigenvalue weighted by Gasteiger charge is 2.21. The minimum absolute atomic E-state index is 0.0581. The number of rotatable bonds is 5. The van der Waals surface area contributed by atoms with Crippen LogP contribution in [0.4, 0.5) is 0 Å². The van der Waals surface area contributed by atoms with Gasteiger partial charge < -0.3 is 9.47 Å². The molecule has 0 unspecified atom stereocenters.